The van der Waals surface area contributed by atoms with Crippen LogP contribution < -0.4 is 29.6 Å². The van der Waals surface area contributed by atoms with Gasteiger partial charge in [-0.25, -0.2) is 0 Å². The Morgan fingerprint density at radius 3 is 1.57 bits per heavy atom. The Labute approximate surface area is 78.0 Å². The van der Waals surface area contributed by atoms with Gasteiger partial charge in [-0.1, -0.05) is 12.2 Å². The van der Waals surface area contributed by atoms with E-state index in [1.165, 1.54) is 4.70 Å². The first-order chi connectivity index (χ1) is 2.83. The third-order valence-electron chi connectivity index (χ3n) is 0. The molecule has 0 saturated carbocycles. The van der Waals surface area contributed by atoms with E-state index in [1.54, 1.807) is 14.1 Å². The van der Waals surface area contributed by atoms with Crippen molar-refractivity contribution in [2.45, 2.75) is 0 Å². The molecule has 4 heteroatoms. The maximum absolute atomic E-state index is 4.13. The molecule has 0 bridgehead atoms. The van der Waals surface area contributed by atoms with E-state index in [9.17, 15) is 0 Å². The van der Waals surface area contributed by atoms with Gasteiger partial charge < -0.3 is 5.32 Å². The van der Waals surface area contributed by atoms with Gasteiger partial charge in [0.2, 0.25) is 0 Å². The molecule has 0 fully saturated rings. The quantitative estimate of drug-likeness (QED) is 0.249. The second kappa shape index (κ2) is 26.2. The number of rotatable bonds is 0. The van der Waals surface area contributed by atoms with E-state index in [2.05, 4.69) is 30.2 Å². The number of hydrogen-bond acceptors (Lipinski definition) is 1. The zero-order valence-electron chi connectivity index (χ0n) is 4.88. The summed E-state index contributed by atoms with van der Waals surface area (Å²) in [5.74, 6) is 0. The van der Waals surface area contributed by atoms with Crippen molar-refractivity contribution in [2.24, 2.45) is 0 Å². The van der Waals surface area contributed by atoms with Crippen LogP contribution in [0.15, 0.2) is 0 Å². The SMILES string of the molecule is C[N-]C.S=CS.[Na+]. The molecule has 0 atom stereocenters. The summed E-state index contributed by atoms with van der Waals surface area (Å²) in [7, 11) is 3.50. The monoisotopic (exact) mass is 145 g/mol. The minimum absolute atomic E-state index is 0. The predicted octanol–water partition coefficient (Wildman–Crippen LogP) is -1.50. The Balaban J connectivity index is -0.0000000400. The Hall–Kier alpha value is 1.40. The van der Waals surface area contributed by atoms with Gasteiger partial charge in [-0.15, -0.1) is 12.6 Å². The van der Waals surface area contributed by atoms with E-state index in [1.807, 2.05) is 0 Å². The van der Waals surface area contributed by atoms with Crippen molar-refractivity contribution in [2.75, 3.05) is 14.1 Å². The first-order valence-corrected chi connectivity index (χ1v) is 2.38. The third kappa shape index (κ3) is 110. The van der Waals surface area contributed by atoms with Gasteiger partial charge >= 0.3 is 29.6 Å². The molecule has 0 saturated heterocycles. The van der Waals surface area contributed by atoms with Gasteiger partial charge in [0.1, 0.15) is 0 Å². The van der Waals surface area contributed by atoms with E-state index in [4.69, 9.17) is 0 Å². The molecule has 0 aliphatic heterocycles. The molecule has 0 heterocycles. The largest absolute Gasteiger partial charge is 1.00 e. The van der Waals surface area contributed by atoms with E-state index in [0.717, 1.165) is 0 Å². The molecule has 1 nitrogen and oxygen atoms in total. The van der Waals surface area contributed by atoms with E-state index >= 15 is 0 Å². The van der Waals surface area contributed by atoms with Crippen LogP contribution in [0.2, 0.25) is 0 Å². The summed E-state index contributed by atoms with van der Waals surface area (Å²) in [6.45, 7) is 0. The van der Waals surface area contributed by atoms with Crippen LogP contribution in [0.5, 0.6) is 0 Å². The molecular weight excluding hydrogens is 137 g/mol. The first kappa shape index (κ1) is 15.8. The molecule has 0 unspecified atom stereocenters. The average Bonchev–Trinajstić information content (AvgIpc) is 1.39. The summed E-state index contributed by atoms with van der Waals surface area (Å²) >= 11 is 7.61. The number of hydrogen-bond donors (Lipinski definition) is 1. The van der Waals surface area contributed by atoms with Crippen molar-refractivity contribution in [1.29, 1.82) is 0 Å². The molecule has 0 N–H and O–H groups in total. The topological polar surface area (TPSA) is 14.1 Å². The summed E-state index contributed by atoms with van der Waals surface area (Å²) in [4.78, 5) is 0. The Morgan fingerprint density at radius 1 is 1.57 bits per heavy atom. The molecule has 0 spiro atoms. The first-order valence-electron chi connectivity index (χ1n) is 1.39. The normalized spacial score (nSPS) is 4.43. The standard InChI is InChI=1S/C2H6N.CH2S2.Na/c1-3-2;2-1-3;/h1-2H3;1H,(H,2,3);/q-1;;+1. The maximum Gasteiger partial charge on any atom is 1.00 e. The van der Waals surface area contributed by atoms with Crippen LogP contribution in [-0.4, -0.2) is 18.8 Å². The average molecular weight is 145 g/mol. The molecule has 0 aliphatic carbocycles. The van der Waals surface area contributed by atoms with E-state index in [0.29, 0.717) is 0 Å². The summed E-state index contributed by atoms with van der Waals surface area (Å²) < 4.78 is 1.28. The second-order valence-electron chi connectivity index (χ2n) is 0.553. The van der Waals surface area contributed by atoms with Crippen LogP contribution in [0.1, 0.15) is 0 Å². The van der Waals surface area contributed by atoms with Gasteiger partial charge in [0.15, 0.2) is 0 Å². The van der Waals surface area contributed by atoms with Crippen molar-refractivity contribution in [1.82, 2.24) is 0 Å². The summed E-state index contributed by atoms with van der Waals surface area (Å²) in [5.41, 5.74) is 0. The Morgan fingerprint density at radius 2 is 1.57 bits per heavy atom. The van der Waals surface area contributed by atoms with Gasteiger partial charge in [-0.2, -0.15) is 14.1 Å². The van der Waals surface area contributed by atoms with Crippen LogP contribution in [0.4, 0.5) is 0 Å². The molecular formula is C3H8NNaS2. The van der Waals surface area contributed by atoms with E-state index < -0.39 is 0 Å². The molecule has 0 rings (SSSR count). The molecule has 0 aliphatic rings. The third-order valence-corrected chi connectivity index (χ3v) is 0. The fourth-order valence-corrected chi connectivity index (χ4v) is 0. The van der Waals surface area contributed by atoms with Crippen LogP contribution >= 0.6 is 24.8 Å². The maximum atomic E-state index is 4.13. The molecule has 0 radical (unpaired) electrons. The van der Waals surface area contributed by atoms with Crippen molar-refractivity contribution in [3.63, 3.8) is 0 Å². The van der Waals surface area contributed by atoms with Gasteiger partial charge in [-0.05, 0) is 0 Å². The van der Waals surface area contributed by atoms with Gasteiger partial charge in [-0.3, -0.25) is 0 Å². The summed E-state index contributed by atoms with van der Waals surface area (Å²) in [6.07, 6.45) is 0. The van der Waals surface area contributed by atoms with Crippen molar-refractivity contribution < 1.29 is 29.6 Å². The zero-order valence-corrected chi connectivity index (χ0v) is 8.59. The van der Waals surface area contributed by atoms with E-state index in [-0.39, 0.29) is 29.6 Å². The molecule has 0 aromatic heterocycles. The van der Waals surface area contributed by atoms with Crippen LogP contribution in [-0.2, 0) is 0 Å². The predicted molar refractivity (Wildman–Crippen MR) is 37.8 cm³/mol. The number of thiol groups is 1. The fourth-order valence-electron chi connectivity index (χ4n) is 0. The van der Waals surface area contributed by atoms with Crippen LogP contribution in [0.25, 0.3) is 5.32 Å². The van der Waals surface area contributed by atoms with Gasteiger partial charge in [0, 0.05) is 4.70 Å². The molecule has 0 amide bonds. The summed E-state index contributed by atoms with van der Waals surface area (Å²) in [6, 6.07) is 0. The van der Waals surface area contributed by atoms with Crippen molar-refractivity contribution in [3.05, 3.63) is 5.32 Å². The zero-order chi connectivity index (χ0) is 5.41. The minimum atomic E-state index is 0. The van der Waals surface area contributed by atoms with Gasteiger partial charge in [0.05, 0.1) is 0 Å². The Bertz CT molecular complexity index is 26.9. The smallest absolute Gasteiger partial charge is 0.668 e. The molecule has 7 heavy (non-hydrogen) atoms. The second-order valence-corrected chi connectivity index (χ2v) is 1.40. The van der Waals surface area contributed by atoms with Crippen molar-refractivity contribution >= 4 is 29.5 Å². The fraction of sp³-hybridized carbons (Fsp3) is 0.667. The molecule has 38 valence electrons. The number of nitrogens with zero attached hydrogens (tertiary/aromatic N) is 1. The van der Waals surface area contributed by atoms with Crippen LogP contribution in [0.3, 0.4) is 0 Å². The van der Waals surface area contributed by atoms with Crippen molar-refractivity contribution in [3.8, 4) is 0 Å². The molecule has 0 aromatic rings. The Kier molecular flexibility index (Phi) is 59.1. The number of thiocarbonyl (C=S) groups is 1. The van der Waals surface area contributed by atoms with Gasteiger partial charge in [0.25, 0.3) is 0 Å². The molecule has 0 aromatic carbocycles. The summed E-state index contributed by atoms with van der Waals surface area (Å²) in [5, 5.41) is 3.50. The van der Waals surface area contributed by atoms with Crippen LogP contribution in [0, 0.1) is 0 Å². The minimum Gasteiger partial charge on any atom is -0.668 e.